The molecule has 0 aliphatic carbocycles. The molecule has 1 atom stereocenters. The lowest BCUT2D eigenvalue weighted by molar-refractivity contribution is -0.113. The number of hydrogen-bond donors (Lipinski definition) is 2. The molecule has 2 heterocycles. The Hall–Kier alpha value is -2.45. The van der Waals surface area contributed by atoms with Gasteiger partial charge < -0.3 is 20.1 Å². The average Bonchev–Trinajstić information content (AvgIpc) is 3.02. The van der Waals surface area contributed by atoms with Crippen molar-refractivity contribution in [3.63, 3.8) is 0 Å². The summed E-state index contributed by atoms with van der Waals surface area (Å²) in [6.45, 7) is 7.92. The summed E-state index contributed by atoms with van der Waals surface area (Å²) >= 11 is 9.00. The number of thiocarbonyl (C=S) groups is 1. The summed E-state index contributed by atoms with van der Waals surface area (Å²) in [5.74, 6) is 0.722. The van der Waals surface area contributed by atoms with Crippen molar-refractivity contribution < 1.29 is 9.32 Å². The van der Waals surface area contributed by atoms with Crippen molar-refractivity contribution >= 4 is 45.0 Å². The summed E-state index contributed by atoms with van der Waals surface area (Å²) in [6.07, 6.45) is 1.74. The Morgan fingerprint density at radius 2 is 2.26 bits per heavy atom. The molecule has 27 heavy (non-hydrogen) atoms. The largest absolute Gasteiger partial charge is 0.360 e. The second kappa shape index (κ2) is 8.06. The van der Waals surface area contributed by atoms with Crippen LogP contribution in [-0.2, 0) is 4.79 Å². The zero-order valence-corrected chi connectivity index (χ0v) is 17.4. The van der Waals surface area contributed by atoms with Crippen molar-refractivity contribution in [2.45, 2.75) is 19.9 Å². The molecule has 6 nitrogen and oxygen atoms in total. The number of aromatic nitrogens is 1. The van der Waals surface area contributed by atoms with Crippen LogP contribution in [0.3, 0.4) is 0 Å². The van der Waals surface area contributed by atoms with E-state index in [2.05, 4.69) is 38.3 Å². The van der Waals surface area contributed by atoms with Gasteiger partial charge in [0.05, 0.1) is 11.6 Å². The zero-order chi connectivity index (χ0) is 19.6. The number of halogens is 1. The maximum atomic E-state index is 13.1. The summed E-state index contributed by atoms with van der Waals surface area (Å²) in [4.78, 5) is 15.0. The number of nitrogens with zero attached hydrogens (tertiary/aromatic N) is 2. The van der Waals surface area contributed by atoms with Gasteiger partial charge in [-0.1, -0.05) is 39.3 Å². The molecule has 8 heteroatoms. The normalized spacial score (nSPS) is 16.9. The van der Waals surface area contributed by atoms with E-state index in [1.807, 2.05) is 36.1 Å². The molecule has 0 unspecified atom stereocenters. The van der Waals surface area contributed by atoms with Gasteiger partial charge in [0, 0.05) is 22.8 Å². The molecule has 0 saturated heterocycles. The summed E-state index contributed by atoms with van der Waals surface area (Å²) in [7, 11) is 0. The van der Waals surface area contributed by atoms with Gasteiger partial charge in [0.25, 0.3) is 5.91 Å². The topological polar surface area (TPSA) is 70.4 Å². The van der Waals surface area contributed by atoms with Crippen LogP contribution in [0.5, 0.6) is 0 Å². The van der Waals surface area contributed by atoms with Crippen LogP contribution in [0.2, 0.25) is 0 Å². The Balaban J connectivity index is 2.04. The third kappa shape index (κ3) is 4.12. The van der Waals surface area contributed by atoms with E-state index >= 15 is 0 Å². The van der Waals surface area contributed by atoms with Gasteiger partial charge in [-0.3, -0.25) is 4.79 Å². The first kappa shape index (κ1) is 19.3. The van der Waals surface area contributed by atoms with Crippen LogP contribution in [0.15, 0.2) is 63.3 Å². The minimum Gasteiger partial charge on any atom is -0.360 e. The number of nitrogens with one attached hydrogen (secondary N) is 2. The number of carbonyl (C=O) groups is 1. The molecule has 1 aromatic carbocycles. The molecule has 2 aromatic rings. The van der Waals surface area contributed by atoms with E-state index < -0.39 is 0 Å². The maximum Gasteiger partial charge on any atom is 0.257 e. The number of aryl methyl sites for hydroxylation is 1. The van der Waals surface area contributed by atoms with Gasteiger partial charge in [0.15, 0.2) is 10.9 Å². The molecular weight excluding hydrogens is 428 g/mol. The summed E-state index contributed by atoms with van der Waals surface area (Å²) in [5.41, 5.74) is 2.25. The van der Waals surface area contributed by atoms with Crippen molar-refractivity contribution in [2.75, 3.05) is 11.9 Å². The average molecular weight is 447 g/mol. The van der Waals surface area contributed by atoms with Gasteiger partial charge in [-0.15, -0.1) is 6.58 Å². The van der Waals surface area contributed by atoms with Gasteiger partial charge in [-0.25, -0.2) is 0 Å². The Labute approximate surface area is 171 Å². The lowest BCUT2D eigenvalue weighted by Gasteiger charge is -2.37. The molecular formula is C19H19BrN4O2S. The highest BCUT2D eigenvalue weighted by atomic mass is 79.9. The Morgan fingerprint density at radius 3 is 2.89 bits per heavy atom. The van der Waals surface area contributed by atoms with Crippen molar-refractivity contribution in [1.82, 2.24) is 15.4 Å². The highest BCUT2D eigenvalue weighted by molar-refractivity contribution is 9.10. The fraction of sp³-hybridized carbons (Fsp3) is 0.211. The molecule has 0 saturated carbocycles. The smallest absolute Gasteiger partial charge is 0.257 e. The van der Waals surface area contributed by atoms with Gasteiger partial charge in [-0.2, -0.15) is 0 Å². The molecule has 3 rings (SSSR count). The van der Waals surface area contributed by atoms with Crippen molar-refractivity contribution in [1.29, 1.82) is 0 Å². The van der Waals surface area contributed by atoms with Crippen LogP contribution >= 0.6 is 28.1 Å². The van der Waals surface area contributed by atoms with Crippen LogP contribution in [0, 0.1) is 6.92 Å². The fourth-order valence-corrected chi connectivity index (χ4v) is 3.72. The van der Waals surface area contributed by atoms with E-state index in [-0.39, 0.29) is 11.9 Å². The van der Waals surface area contributed by atoms with Crippen LogP contribution in [0.1, 0.15) is 24.3 Å². The van der Waals surface area contributed by atoms with E-state index in [0.717, 1.165) is 15.7 Å². The van der Waals surface area contributed by atoms with Crippen molar-refractivity contribution in [3.8, 4) is 0 Å². The van der Waals surface area contributed by atoms with Crippen molar-refractivity contribution in [2.24, 2.45) is 0 Å². The van der Waals surface area contributed by atoms with Gasteiger partial charge >= 0.3 is 0 Å². The first-order chi connectivity index (χ1) is 12.9. The van der Waals surface area contributed by atoms with Crippen LogP contribution < -0.4 is 10.6 Å². The molecule has 140 valence electrons. The second-order valence-electron chi connectivity index (χ2n) is 6.11. The van der Waals surface area contributed by atoms with E-state index in [1.54, 1.807) is 19.1 Å². The molecule has 1 amide bonds. The molecule has 0 radical (unpaired) electrons. The summed E-state index contributed by atoms with van der Waals surface area (Å²) in [6, 6.07) is 9.06. The van der Waals surface area contributed by atoms with E-state index in [9.17, 15) is 4.79 Å². The van der Waals surface area contributed by atoms with E-state index in [4.69, 9.17) is 16.7 Å². The lowest BCUT2D eigenvalue weighted by Crippen LogP contribution is -2.48. The third-order valence-electron chi connectivity index (χ3n) is 4.20. The third-order valence-corrected chi connectivity index (χ3v) is 5.04. The predicted molar refractivity (Wildman–Crippen MR) is 112 cm³/mol. The number of hydrogen-bond acceptors (Lipinski definition) is 4. The molecule has 1 aliphatic heterocycles. The molecule has 1 aliphatic rings. The zero-order valence-electron chi connectivity index (χ0n) is 15.0. The summed E-state index contributed by atoms with van der Waals surface area (Å²) in [5, 5.41) is 10.5. The number of benzene rings is 1. The number of amides is 1. The van der Waals surface area contributed by atoms with Gasteiger partial charge in [0.2, 0.25) is 0 Å². The Morgan fingerprint density at radius 1 is 1.48 bits per heavy atom. The molecule has 1 aromatic heterocycles. The number of rotatable bonds is 5. The minimum atomic E-state index is -0.385. The lowest BCUT2D eigenvalue weighted by atomic mass is 9.94. The number of allylic oxidation sites excluding steroid dienone is 1. The second-order valence-corrected chi connectivity index (χ2v) is 7.42. The Kier molecular flexibility index (Phi) is 5.76. The van der Waals surface area contributed by atoms with Crippen LogP contribution in [-0.4, -0.2) is 27.6 Å². The predicted octanol–water partition coefficient (Wildman–Crippen LogP) is 4.08. The number of carbonyl (C=O) groups excluding carboxylic acids is 1. The van der Waals surface area contributed by atoms with Crippen LogP contribution in [0.25, 0.3) is 0 Å². The molecule has 0 bridgehead atoms. The monoisotopic (exact) mass is 446 g/mol. The standard InChI is InChI=1S/C19H19BrN4O2S/c1-4-8-24-12(3)16(18(25)21-15-9-11(2)26-23-15)17(22-19(24)27)13-6-5-7-14(20)10-13/h4-7,9-10,17H,1,8H2,2-3H3,(H,22,27)(H,21,23,25)/t17-/m1/s1. The molecule has 2 N–H and O–H groups in total. The van der Waals surface area contributed by atoms with Gasteiger partial charge in [0.1, 0.15) is 5.76 Å². The quantitative estimate of drug-likeness (QED) is 0.532. The molecule has 0 fully saturated rings. The fourth-order valence-electron chi connectivity index (χ4n) is 2.97. The molecule has 0 spiro atoms. The highest BCUT2D eigenvalue weighted by Crippen LogP contribution is 2.32. The highest BCUT2D eigenvalue weighted by Gasteiger charge is 2.33. The minimum absolute atomic E-state index is 0.269. The van der Waals surface area contributed by atoms with Gasteiger partial charge in [-0.05, 0) is 43.8 Å². The van der Waals surface area contributed by atoms with Crippen LogP contribution in [0.4, 0.5) is 5.82 Å². The van der Waals surface area contributed by atoms with E-state index in [0.29, 0.717) is 28.8 Å². The first-order valence-corrected chi connectivity index (χ1v) is 9.50. The maximum absolute atomic E-state index is 13.1. The first-order valence-electron chi connectivity index (χ1n) is 8.30. The number of anilines is 1. The van der Waals surface area contributed by atoms with Crippen molar-refractivity contribution in [3.05, 3.63) is 70.1 Å². The summed E-state index contributed by atoms with van der Waals surface area (Å²) < 4.78 is 5.96. The SMILES string of the molecule is C=CCN1C(=S)N[C@H](c2cccc(Br)c2)C(C(=O)Nc2cc(C)on2)=C1C. The Bertz CT molecular complexity index is 937. The van der Waals surface area contributed by atoms with E-state index in [1.165, 1.54) is 0 Å².